The van der Waals surface area contributed by atoms with Crippen molar-refractivity contribution in [2.75, 3.05) is 0 Å². The van der Waals surface area contributed by atoms with Crippen LogP contribution in [0.25, 0.3) is 16.7 Å². The number of fused-ring (bicyclic) bond motifs is 1. The van der Waals surface area contributed by atoms with Crippen LogP contribution in [-0.2, 0) is 24.6 Å². The summed E-state index contributed by atoms with van der Waals surface area (Å²) in [6.07, 6.45) is -2.12. The van der Waals surface area contributed by atoms with Crippen molar-refractivity contribution in [2.45, 2.75) is 32.6 Å². The highest BCUT2D eigenvalue weighted by Gasteiger charge is 2.33. The highest BCUT2D eigenvalue weighted by Crippen LogP contribution is 2.33. The van der Waals surface area contributed by atoms with Gasteiger partial charge in [0.15, 0.2) is 0 Å². The third-order valence-electron chi connectivity index (χ3n) is 6.20. The largest absolute Gasteiger partial charge is 0.480 e. The number of halogens is 3. The summed E-state index contributed by atoms with van der Waals surface area (Å²) < 4.78 is 43.7. The Balaban J connectivity index is 1.92. The highest BCUT2D eigenvalue weighted by atomic mass is 19.4. The number of carbonyl (C=O) groups excluding carboxylic acids is 1. The normalized spacial score (nSPS) is 12.5. The minimum Gasteiger partial charge on any atom is -0.480 e. The van der Waals surface area contributed by atoms with Crippen LogP contribution in [0.2, 0.25) is 0 Å². The van der Waals surface area contributed by atoms with Gasteiger partial charge in [0, 0.05) is 13.2 Å². The Kier molecular flexibility index (Phi) is 6.70. The summed E-state index contributed by atoms with van der Waals surface area (Å²) in [7, 11) is 1.77. The molecule has 0 aliphatic rings. The van der Waals surface area contributed by atoms with Gasteiger partial charge in [0.05, 0.1) is 35.2 Å². The number of amides is 1. The average molecular weight is 529 g/mol. The van der Waals surface area contributed by atoms with Gasteiger partial charge < -0.3 is 15.0 Å². The van der Waals surface area contributed by atoms with Crippen molar-refractivity contribution in [3.8, 4) is 5.69 Å². The number of aliphatic carboxylic acids is 1. The summed E-state index contributed by atoms with van der Waals surface area (Å²) in [4.78, 5) is 55.1. The molecule has 2 aromatic carbocycles. The molecule has 1 amide bonds. The first-order valence-electron chi connectivity index (χ1n) is 11.3. The molecule has 38 heavy (non-hydrogen) atoms. The number of benzene rings is 2. The first-order valence-corrected chi connectivity index (χ1v) is 11.3. The zero-order chi connectivity index (χ0) is 27.9. The van der Waals surface area contributed by atoms with E-state index < -0.39 is 53.0 Å². The molecule has 0 saturated heterocycles. The summed E-state index contributed by atoms with van der Waals surface area (Å²) >= 11 is 0. The van der Waals surface area contributed by atoms with E-state index in [0.29, 0.717) is 10.1 Å². The van der Waals surface area contributed by atoms with Crippen molar-refractivity contribution in [2.24, 2.45) is 7.05 Å². The standard InChI is InChI=1S/C25H22F3N5O5/c1-13-15(5-4-6-18(13)25(26,27)28)10-33-22(35)17(21(34)30-14(2)23(36)37)11-32(24(33)38)16-7-8-20-19(9-16)29-12-31(20)3/h4-9,11-12,14H,10H2,1-3H3,(H,30,34)(H,36,37)/t14-/m0/s1. The maximum atomic E-state index is 13.5. The van der Waals surface area contributed by atoms with Gasteiger partial charge in [-0.25, -0.2) is 9.78 Å². The average Bonchev–Trinajstić information content (AvgIpc) is 3.21. The predicted molar refractivity (Wildman–Crippen MR) is 130 cm³/mol. The molecule has 4 rings (SSSR count). The lowest BCUT2D eigenvalue weighted by Gasteiger charge is -2.17. The number of carboxylic acids is 1. The van der Waals surface area contributed by atoms with E-state index >= 15 is 0 Å². The number of carbonyl (C=O) groups is 2. The van der Waals surface area contributed by atoms with E-state index in [1.807, 2.05) is 0 Å². The third kappa shape index (κ3) is 4.82. The van der Waals surface area contributed by atoms with Gasteiger partial charge in [-0.3, -0.25) is 23.5 Å². The van der Waals surface area contributed by atoms with Crippen molar-refractivity contribution in [3.05, 3.63) is 92.0 Å². The second kappa shape index (κ2) is 9.65. The summed E-state index contributed by atoms with van der Waals surface area (Å²) in [5.41, 5.74) is -2.14. The Morgan fingerprint density at radius 3 is 2.53 bits per heavy atom. The number of nitrogens with zero attached hydrogens (tertiary/aromatic N) is 4. The van der Waals surface area contributed by atoms with Crippen LogP contribution in [0.3, 0.4) is 0 Å². The van der Waals surface area contributed by atoms with Gasteiger partial charge in [0.2, 0.25) is 0 Å². The monoisotopic (exact) mass is 529 g/mol. The van der Waals surface area contributed by atoms with E-state index in [-0.39, 0.29) is 16.8 Å². The fourth-order valence-electron chi connectivity index (χ4n) is 4.02. The molecular formula is C25H22F3N5O5. The van der Waals surface area contributed by atoms with Crippen LogP contribution in [0.15, 0.2) is 58.5 Å². The molecule has 0 unspecified atom stereocenters. The number of nitrogens with one attached hydrogen (secondary N) is 1. The van der Waals surface area contributed by atoms with Crippen molar-refractivity contribution >= 4 is 22.9 Å². The molecule has 0 spiro atoms. The van der Waals surface area contributed by atoms with Crippen LogP contribution in [0.1, 0.15) is 34.0 Å². The van der Waals surface area contributed by atoms with E-state index in [9.17, 15) is 32.3 Å². The maximum absolute atomic E-state index is 13.5. The Morgan fingerprint density at radius 1 is 1.16 bits per heavy atom. The zero-order valence-corrected chi connectivity index (χ0v) is 20.4. The predicted octanol–water partition coefficient (Wildman–Crippen LogP) is 2.46. The minimum atomic E-state index is -4.65. The molecule has 2 aromatic heterocycles. The molecule has 0 saturated carbocycles. The molecule has 2 heterocycles. The number of alkyl halides is 3. The van der Waals surface area contributed by atoms with E-state index in [0.717, 1.165) is 28.4 Å². The fraction of sp³-hybridized carbons (Fsp3) is 0.240. The molecule has 198 valence electrons. The van der Waals surface area contributed by atoms with Crippen LogP contribution in [0.4, 0.5) is 13.2 Å². The molecule has 0 fully saturated rings. The zero-order valence-electron chi connectivity index (χ0n) is 20.4. The lowest BCUT2D eigenvalue weighted by atomic mass is 10.0. The lowest BCUT2D eigenvalue weighted by molar-refractivity contribution is -0.139. The fourth-order valence-corrected chi connectivity index (χ4v) is 4.02. The second-order valence-corrected chi connectivity index (χ2v) is 8.74. The number of rotatable bonds is 6. The molecular weight excluding hydrogens is 507 g/mol. The van der Waals surface area contributed by atoms with Crippen molar-refractivity contribution in [1.82, 2.24) is 24.0 Å². The molecule has 4 aromatic rings. The number of aryl methyl sites for hydroxylation is 1. The Morgan fingerprint density at radius 2 is 1.87 bits per heavy atom. The van der Waals surface area contributed by atoms with Gasteiger partial charge in [0.25, 0.3) is 11.5 Å². The molecule has 13 heteroatoms. The Bertz CT molecular complexity index is 1700. The number of imidazole rings is 1. The number of hydrogen-bond acceptors (Lipinski definition) is 5. The first-order chi connectivity index (χ1) is 17.8. The quantitative estimate of drug-likeness (QED) is 0.395. The van der Waals surface area contributed by atoms with Crippen LogP contribution in [0, 0.1) is 6.92 Å². The second-order valence-electron chi connectivity index (χ2n) is 8.74. The summed E-state index contributed by atoms with van der Waals surface area (Å²) in [5, 5.41) is 11.3. The van der Waals surface area contributed by atoms with Gasteiger partial charge in [-0.1, -0.05) is 12.1 Å². The van der Waals surface area contributed by atoms with Gasteiger partial charge >= 0.3 is 17.8 Å². The first kappa shape index (κ1) is 26.4. The Hall–Kier alpha value is -4.68. The Labute approximate surface area is 212 Å². The minimum absolute atomic E-state index is 0.0437. The van der Waals surface area contributed by atoms with Gasteiger partial charge in [-0.2, -0.15) is 13.2 Å². The lowest BCUT2D eigenvalue weighted by Crippen LogP contribution is -2.46. The van der Waals surface area contributed by atoms with Crippen LogP contribution in [0.5, 0.6) is 0 Å². The highest BCUT2D eigenvalue weighted by molar-refractivity contribution is 5.96. The van der Waals surface area contributed by atoms with Crippen LogP contribution < -0.4 is 16.6 Å². The molecule has 10 nitrogen and oxygen atoms in total. The van der Waals surface area contributed by atoms with Crippen LogP contribution >= 0.6 is 0 Å². The molecule has 0 aliphatic heterocycles. The van der Waals surface area contributed by atoms with Gasteiger partial charge in [0.1, 0.15) is 11.6 Å². The molecule has 0 aliphatic carbocycles. The van der Waals surface area contributed by atoms with Gasteiger partial charge in [-0.15, -0.1) is 0 Å². The van der Waals surface area contributed by atoms with Crippen molar-refractivity contribution in [3.63, 3.8) is 0 Å². The summed E-state index contributed by atoms with van der Waals surface area (Å²) in [5.74, 6) is -2.42. The van der Waals surface area contributed by atoms with E-state index in [1.165, 1.54) is 19.9 Å². The molecule has 0 bridgehead atoms. The summed E-state index contributed by atoms with van der Waals surface area (Å²) in [6.45, 7) is 1.85. The maximum Gasteiger partial charge on any atom is 0.416 e. The topological polar surface area (TPSA) is 128 Å². The van der Waals surface area contributed by atoms with Crippen LogP contribution in [-0.4, -0.2) is 41.7 Å². The van der Waals surface area contributed by atoms with E-state index in [2.05, 4.69) is 10.3 Å². The van der Waals surface area contributed by atoms with Gasteiger partial charge in [-0.05, 0) is 49.2 Å². The van der Waals surface area contributed by atoms with E-state index in [1.54, 1.807) is 36.1 Å². The molecule has 1 atom stereocenters. The number of carboxylic acid groups (broad SMARTS) is 1. The SMILES string of the molecule is Cc1c(Cn2c(=O)c(C(=O)N[C@@H](C)C(=O)O)cn(-c3ccc4c(c3)ncn4C)c2=O)cccc1C(F)(F)F. The van der Waals surface area contributed by atoms with Crippen molar-refractivity contribution in [1.29, 1.82) is 0 Å². The molecule has 2 N–H and O–H groups in total. The number of hydrogen-bond donors (Lipinski definition) is 2. The van der Waals surface area contributed by atoms with Crippen molar-refractivity contribution < 1.29 is 27.9 Å². The smallest absolute Gasteiger partial charge is 0.416 e. The third-order valence-corrected chi connectivity index (χ3v) is 6.20. The van der Waals surface area contributed by atoms with E-state index in [4.69, 9.17) is 5.11 Å². The summed E-state index contributed by atoms with van der Waals surface area (Å²) in [6, 6.07) is 6.81. The number of aromatic nitrogens is 4. The molecule has 0 radical (unpaired) electrons.